The summed E-state index contributed by atoms with van der Waals surface area (Å²) in [5, 5.41) is 8.48. The van der Waals surface area contributed by atoms with E-state index in [4.69, 9.17) is 4.74 Å². The molecule has 2 heterocycles. The molecule has 0 amide bonds. The maximum atomic E-state index is 5.59. The molecule has 0 aliphatic carbocycles. The van der Waals surface area contributed by atoms with Crippen LogP contribution < -0.4 is 15.4 Å². The molecule has 1 aromatic heterocycles. The van der Waals surface area contributed by atoms with Gasteiger partial charge >= 0.3 is 0 Å². The topological polar surface area (TPSA) is 71.4 Å². The molecule has 0 fully saturated rings. The van der Waals surface area contributed by atoms with Crippen LogP contribution in [0, 0.1) is 5.41 Å². The lowest BCUT2D eigenvalue weighted by molar-refractivity contribution is 0.410. The molecule has 0 bridgehead atoms. The van der Waals surface area contributed by atoms with E-state index in [0.29, 0.717) is 5.82 Å². The summed E-state index contributed by atoms with van der Waals surface area (Å²) in [5.74, 6) is 2.38. The van der Waals surface area contributed by atoms with Gasteiger partial charge in [-0.25, -0.2) is 9.97 Å². The average Bonchev–Trinajstić information content (AvgIpc) is 3.27. The van der Waals surface area contributed by atoms with Gasteiger partial charge in [0.2, 0.25) is 0 Å². The van der Waals surface area contributed by atoms with E-state index in [9.17, 15) is 0 Å². The van der Waals surface area contributed by atoms with Gasteiger partial charge < -0.3 is 15.4 Å². The highest BCUT2D eigenvalue weighted by Crippen LogP contribution is 2.35. The third-order valence-electron chi connectivity index (χ3n) is 5.70. The third-order valence-corrected chi connectivity index (χ3v) is 6.71. The van der Waals surface area contributed by atoms with E-state index >= 15 is 0 Å². The lowest BCUT2D eigenvalue weighted by Gasteiger charge is -2.18. The molecule has 0 saturated carbocycles. The van der Waals surface area contributed by atoms with Crippen LogP contribution in [0.5, 0.6) is 5.75 Å². The molecule has 34 heavy (non-hydrogen) atoms. The molecule has 0 unspecified atom stereocenters. The van der Waals surface area contributed by atoms with Crippen molar-refractivity contribution < 1.29 is 4.74 Å². The van der Waals surface area contributed by atoms with Gasteiger partial charge in [0.05, 0.1) is 19.2 Å². The number of rotatable bonds is 7. The summed E-state index contributed by atoms with van der Waals surface area (Å²) < 4.78 is 5.59. The number of nitrogens with one attached hydrogen (secondary N) is 2. The number of aryl methyl sites for hydroxylation is 1. The summed E-state index contributed by atoms with van der Waals surface area (Å²) in [4.78, 5) is 14.6. The van der Waals surface area contributed by atoms with Gasteiger partial charge in [-0.15, -0.1) is 0 Å². The Morgan fingerprint density at radius 2 is 1.97 bits per heavy atom. The van der Waals surface area contributed by atoms with E-state index < -0.39 is 0 Å². The average molecular weight is 474 g/mol. The highest BCUT2D eigenvalue weighted by atomic mass is 32.2. The van der Waals surface area contributed by atoms with Crippen molar-refractivity contribution in [2.24, 2.45) is 10.4 Å². The highest BCUT2D eigenvalue weighted by molar-refractivity contribution is 7.99. The number of amidine groups is 1. The molecule has 2 N–H and O–H groups in total. The maximum Gasteiger partial charge on any atom is 0.126 e. The Bertz CT molecular complexity index is 1290. The lowest BCUT2D eigenvalue weighted by Crippen LogP contribution is -2.24. The molecule has 0 saturated heterocycles. The van der Waals surface area contributed by atoms with Crippen LogP contribution in [0.3, 0.4) is 0 Å². The van der Waals surface area contributed by atoms with E-state index in [1.807, 2.05) is 18.2 Å². The summed E-state index contributed by atoms with van der Waals surface area (Å²) in [6, 6.07) is 12.3. The second kappa shape index (κ2) is 9.89. The monoisotopic (exact) mass is 473 g/mol. The number of ether oxygens (including phenoxy) is 1. The fourth-order valence-corrected chi connectivity index (χ4v) is 4.64. The summed E-state index contributed by atoms with van der Waals surface area (Å²) in [6.45, 7) is 13.6. The Morgan fingerprint density at radius 3 is 2.68 bits per heavy atom. The first-order valence-corrected chi connectivity index (χ1v) is 12.2. The molecule has 1 aliphatic rings. The molecular formula is C27H31N5OS. The third kappa shape index (κ3) is 5.42. The number of anilines is 1. The second-order valence-electron chi connectivity index (χ2n) is 9.19. The SMILES string of the molecule is C=C(NC1=NCC(C(C)(C)C)=C1)Nc1cccc(Sc2ncnc3cc(CC)c(OC)cc23)c1. The van der Waals surface area contributed by atoms with Crippen molar-refractivity contribution in [1.29, 1.82) is 0 Å². The Morgan fingerprint density at radius 1 is 1.15 bits per heavy atom. The predicted octanol–water partition coefficient (Wildman–Crippen LogP) is 6.21. The predicted molar refractivity (Wildman–Crippen MR) is 142 cm³/mol. The van der Waals surface area contributed by atoms with Crippen molar-refractivity contribution in [3.05, 3.63) is 72.3 Å². The van der Waals surface area contributed by atoms with E-state index in [-0.39, 0.29) is 5.41 Å². The normalized spacial score (nSPS) is 13.4. The highest BCUT2D eigenvalue weighted by Gasteiger charge is 2.21. The number of fused-ring (bicyclic) bond motifs is 1. The minimum atomic E-state index is 0.112. The van der Waals surface area contributed by atoms with Crippen molar-refractivity contribution in [2.75, 3.05) is 19.0 Å². The molecule has 3 aromatic rings. The van der Waals surface area contributed by atoms with Gasteiger partial charge in [0, 0.05) is 16.0 Å². The summed E-state index contributed by atoms with van der Waals surface area (Å²) in [5.41, 5.74) is 4.41. The Labute approximate surface area is 205 Å². The number of methoxy groups -OCH3 is 1. The van der Waals surface area contributed by atoms with Gasteiger partial charge in [-0.1, -0.05) is 52.1 Å². The number of benzene rings is 2. The van der Waals surface area contributed by atoms with Crippen LogP contribution >= 0.6 is 11.8 Å². The molecule has 1 aliphatic heterocycles. The quantitative estimate of drug-likeness (QED) is 0.398. The number of hydrogen-bond donors (Lipinski definition) is 2. The van der Waals surface area contributed by atoms with E-state index in [1.54, 1.807) is 25.2 Å². The molecule has 6 nitrogen and oxygen atoms in total. The first-order valence-electron chi connectivity index (χ1n) is 11.3. The van der Waals surface area contributed by atoms with E-state index in [0.717, 1.165) is 56.6 Å². The minimum Gasteiger partial charge on any atom is -0.496 e. The van der Waals surface area contributed by atoms with Gasteiger partial charge in [-0.05, 0) is 59.4 Å². The minimum absolute atomic E-state index is 0.112. The molecular weight excluding hydrogens is 442 g/mol. The molecule has 2 aromatic carbocycles. The van der Waals surface area contributed by atoms with Crippen LogP contribution in [0.2, 0.25) is 0 Å². The molecule has 0 atom stereocenters. The Balaban J connectivity index is 1.49. The first kappa shape index (κ1) is 23.8. The van der Waals surface area contributed by atoms with Crippen molar-refractivity contribution in [3.63, 3.8) is 0 Å². The van der Waals surface area contributed by atoms with Crippen molar-refractivity contribution in [2.45, 2.75) is 44.0 Å². The first-order chi connectivity index (χ1) is 16.3. The lowest BCUT2D eigenvalue weighted by atomic mass is 9.87. The zero-order chi connectivity index (χ0) is 24.3. The second-order valence-corrected chi connectivity index (χ2v) is 10.3. The van der Waals surface area contributed by atoms with Crippen LogP contribution in [0.4, 0.5) is 5.69 Å². The summed E-state index contributed by atoms with van der Waals surface area (Å²) in [7, 11) is 1.70. The number of nitrogens with zero attached hydrogens (tertiary/aromatic N) is 3. The number of hydrogen-bond acceptors (Lipinski definition) is 7. The van der Waals surface area contributed by atoms with Crippen LogP contribution in [-0.4, -0.2) is 29.5 Å². The zero-order valence-corrected chi connectivity index (χ0v) is 21.2. The maximum absolute atomic E-state index is 5.59. The number of aromatic nitrogens is 2. The number of aliphatic imine (C=N–C) groups is 1. The standard InChI is InChI=1S/C27H31N5OS/c1-7-18-11-23-22(14-24(18)33-6)26(30-16-29-23)34-21-10-8-9-20(13-21)31-17(2)32-25-12-19(15-28-25)27(3,4)5/h8-14,16,31H,2,7,15H2,1,3-6H3,(H,28,32). The van der Waals surface area contributed by atoms with Gasteiger partial charge in [0.25, 0.3) is 0 Å². The smallest absolute Gasteiger partial charge is 0.126 e. The van der Waals surface area contributed by atoms with Crippen LogP contribution in [-0.2, 0) is 6.42 Å². The molecule has 0 spiro atoms. The van der Waals surface area contributed by atoms with Crippen molar-refractivity contribution in [1.82, 2.24) is 15.3 Å². The van der Waals surface area contributed by atoms with E-state index in [2.05, 4.69) is 84.1 Å². The summed E-state index contributed by atoms with van der Waals surface area (Å²) in [6.07, 6.45) is 4.61. The van der Waals surface area contributed by atoms with E-state index in [1.165, 1.54) is 5.57 Å². The largest absolute Gasteiger partial charge is 0.496 e. The van der Waals surface area contributed by atoms with Gasteiger partial charge in [0.15, 0.2) is 0 Å². The Hall–Kier alpha value is -3.32. The summed E-state index contributed by atoms with van der Waals surface area (Å²) >= 11 is 1.60. The zero-order valence-electron chi connectivity index (χ0n) is 20.4. The van der Waals surface area contributed by atoms with Crippen LogP contribution in [0.1, 0.15) is 33.3 Å². The fourth-order valence-electron chi connectivity index (χ4n) is 3.72. The van der Waals surface area contributed by atoms with Crippen molar-refractivity contribution >= 4 is 34.2 Å². The Kier molecular flexibility index (Phi) is 6.93. The van der Waals surface area contributed by atoms with Gasteiger partial charge in [0.1, 0.15) is 28.8 Å². The van der Waals surface area contributed by atoms with Crippen molar-refractivity contribution in [3.8, 4) is 5.75 Å². The molecule has 7 heteroatoms. The molecule has 0 radical (unpaired) electrons. The van der Waals surface area contributed by atoms with Crippen LogP contribution in [0.25, 0.3) is 10.9 Å². The van der Waals surface area contributed by atoms with Gasteiger partial charge in [-0.2, -0.15) is 0 Å². The fraction of sp³-hybridized carbons (Fsp3) is 0.296. The van der Waals surface area contributed by atoms with Crippen LogP contribution in [0.15, 0.2) is 81.7 Å². The van der Waals surface area contributed by atoms with Gasteiger partial charge in [-0.3, -0.25) is 4.99 Å². The molecule has 176 valence electrons. The molecule has 4 rings (SSSR count).